The third-order valence-corrected chi connectivity index (χ3v) is 6.27. The van der Waals surface area contributed by atoms with Crippen LogP contribution < -0.4 is 0 Å². The van der Waals surface area contributed by atoms with Crippen molar-refractivity contribution in [3.8, 4) is 0 Å². The second-order valence-corrected chi connectivity index (χ2v) is 8.07. The van der Waals surface area contributed by atoms with E-state index < -0.39 is 17.0 Å². The third kappa shape index (κ3) is 2.90. The van der Waals surface area contributed by atoms with Gasteiger partial charge >= 0.3 is 6.03 Å². The van der Waals surface area contributed by atoms with E-state index in [1.807, 2.05) is 31.2 Å². The van der Waals surface area contributed by atoms with E-state index in [4.69, 9.17) is 0 Å². The molecule has 2 aliphatic heterocycles. The summed E-state index contributed by atoms with van der Waals surface area (Å²) in [6.07, 6.45) is 2.05. The minimum atomic E-state index is -0.611. The normalized spacial score (nSPS) is 20.3. The lowest BCUT2D eigenvalue weighted by Gasteiger charge is -2.36. The van der Waals surface area contributed by atoms with Gasteiger partial charge < -0.3 is 4.98 Å². The lowest BCUT2D eigenvalue weighted by molar-refractivity contribution is -0.384. The van der Waals surface area contributed by atoms with Crippen LogP contribution in [0.25, 0.3) is 10.9 Å². The van der Waals surface area contributed by atoms with E-state index in [1.54, 1.807) is 17.0 Å². The fourth-order valence-electron chi connectivity index (χ4n) is 4.81. The van der Waals surface area contributed by atoms with E-state index in [9.17, 15) is 19.7 Å². The number of nitro benzene ring substituents is 1. The highest BCUT2D eigenvalue weighted by molar-refractivity contribution is 6.05. The maximum Gasteiger partial charge on any atom is 0.328 e. The van der Waals surface area contributed by atoms with Gasteiger partial charge in [0.25, 0.3) is 11.6 Å². The van der Waals surface area contributed by atoms with Crippen LogP contribution in [-0.4, -0.2) is 44.2 Å². The molecule has 5 rings (SSSR count). The van der Waals surface area contributed by atoms with Crippen molar-refractivity contribution in [3.05, 3.63) is 75.5 Å². The Morgan fingerprint density at radius 3 is 2.74 bits per heavy atom. The Hall–Kier alpha value is -3.68. The van der Waals surface area contributed by atoms with Crippen LogP contribution in [0.1, 0.15) is 42.6 Å². The largest absolute Gasteiger partial charge is 0.356 e. The zero-order valence-electron chi connectivity index (χ0n) is 17.1. The van der Waals surface area contributed by atoms with Gasteiger partial charge in [0.2, 0.25) is 0 Å². The molecule has 3 heterocycles. The van der Waals surface area contributed by atoms with Gasteiger partial charge in [-0.3, -0.25) is 24.7 Å². The molecular weight excluding hydrogens is 396 g/mol. The van der Waals surface area contributed by atoms with Crippen LogP contribution in [0, 0.1) is 10.1 Å². The summed E-state index contributed by atoms with van der Waals surface area (Å²) >= 11 is 0. The molecule has 3 amide bonds. The number of aromatic nitrogens is 1. The standard InChI is InChI=1S/C23H22N4O4/c1-2-3-11-25-22(28)19-13-17-16-9-4-5-10-18(16)24-20(17)21(26(19)23(25)29)14-7-6-8-15(12-14)27(30)31/h4-10,12,19,21,24H,2-3,11,13H2,1H3/t19-,21+/m1/s1. The minimum absolute atomic E-state index is 0.0434. The highest BCUT2D eigenvalue weighted by atomic mass is 16.6. The molecule has 3 aromatic rings. The maximum absolute atomic E-state index is 13.4. The Morgan fingerprint density at radius 1 is 1.16 bits per heavy atom. The number of imide groups is 1. The Morgan fingerprint density at radius 2 is 1.97 bits per heavy atom. The van der Waals surface area contributed by atoms with Crippen molar-refractivity contribution in [3.63, 3.8) is 0 Å². The van der Waals surface area contributed by atoms with Crippen LogP contribution in [0.15, 0.2) is 48.5 Å². The van der Waals surface area contributed by atoms with Gasteiger partial charge in [0, 0.05) is 41.7 Å². The number of rotatable bonds is 5. The summed E-state index contributed by atoms with van der Waals surface area (Å²) in [6.45, 7) is 2.40. The summed E-state index contributed by atoms with van der Waals surface area (Å²) in [4.78, 5) is 43.9. The van der Waals surface area contributed by atoms with Crippen molar-refractivity contribution in [2.24, 2.45) is 0 Å². The number of non-ortho nitro benzene ring substituents is 1. The number of hydrogen-bond acceptors (Lipinski definition) is 4. The summed E-state index contributed by atoms with van der Waals surface area (Å²) in [5.74, 6) is -0.190. The smallest absolute Gasteiger partial charge is 0.328 e. The topological polar surface area (TPSA) is 99.5 Å². The minimum Gasteiger partial charge on any atom is -0.356 e. The lowest BCUT2D eigenvalue weighted by Crippen LogP contribution is -2.44. The predicted octanol–water partition coefficient (Wildman–Crippen LogP) is 4.15. The van der Waals surface area contributed by atoms with Crippen LogP contribution in [0.5, 0.6) is 0 Å². The second kappa shape index (κ2) is 7.23. The van der Waals surface area contributed by atoms with Crippen molar-refractivity contribution < 1.29 is 14.5 Å². The average Bonchev–Trinajstić information content (AvgIpc) is 3.26. The van der Waals surface area contributed by atoms with Gasteiger partial charge in [0.05, 0.1) is 4.92 Å². The molecule has 2 aromatic carbocycles. The van der Waals surface area contributed by atoms with Gasteiger partial charge in [-0.15, -0.1) is 0 Å². The highest BCUT2D eigenvalue weighted by Crippen LogP contribution is 2.44. The van der Waals surface area contributed by atoms with Gasteiger partial charge in [0.1, 0.15) is 12.1 Å². The molecule has 1 fully saturated rings. The number of nitrogens with zero attached hydrogens (tertiary/aromatic N) is 3. The van der Waals surface area contributed by atoms with Gasteiger partial charge in [-0.05, 0) is 23.6 Å². The number of urea groups is 1. The Labute approximate surface area is 178 Å². The molecule has 0 saturated carbocycles. The molecule has 0 radical (unpaired) electrons. The molecule has 0 unspecified atom stereocenters. The number of aromatic amines is 1. The van der Waals surface area contributed by atoms with E-state index in [-0.39, 0.29) is 17.6 Å². The zero-order valence-corrected chi connectivity index (χ0v) is 17.1. The average molecular weight is 418 g/mol. The summed E-state index contributed by atoms with van der Waals surface area (Å²) in [7, 11) is 0. The monoisotopic (exact) mass is 418 g/mol. The summed E-state index contributed by atoms with van der Waals surface area (Å²) in [6, 6.07) is 12.6. The molecule has 0 aliphatic carbocycles. The third-order valence-electron chi connectivity index (χ3n) is 6.27. The number of nitro groups is 1. The molecule has 1 N–H and O–H groups in total. The Balaban J connectivity index is 1.69. The van der Waals surface area contributed by atoms with Crippen LogP contribution in [0.3, 0.4) is 0 Å². The molecule has 2 aliphatic rings. The first kappa shape index (κ1) is 19.3. The number of para-hydroxylation sites is 1. The van der Waals surface area contributed by atoms with Crippen molar-refractivity contribution in [2.75, 3.05) is 6.54 Å². The number of benzene rings is 2. The molecule has 0 bridgehead atoms. The SMILES string of the molecule is CCCCN1C(=O)[C@H]2Cc3c([nH]c4ccccc34)[C@H](c3cccc([N+](=O)[O-])c3)N2C1=O. The number of unbranched alkanes of at least 4 members (excludes halogenated alkanes) is 1. The van der Waals surface area contributed by atoms with Crippen LogP contribution >= 0.6 is 0 Å². The molecule has 2 atom stereocenters. The molecule has 0 spiro atoms. The van der Waals surface area contributed by atoms with Gasteiger partial charge in [0.15, 0.2) is 0 Å². The first-order chi connectivity index (χ1) is 15.0. The molecule has 1 saturated heterocycles. The van der Waals surface area contributed by atoms with Crippen LogP contribution in [0.4, 0.5) is 10.5 Å². The first-order valence-electron chi connectivity index (χ1n) is 10.5. The number of carbonyl (C=O) groups is 2. The fraction of sp³-hybridized carbons (Fsp3) is 0.304. The number of amides is 3. The second-order valence-electron chi connectivity index (χ2n) is 8.07. The highest BCUT2D eigenvalue weighted by Gasteiger charge is 2.52. The molecule has 31 heavy (non-hydrogen) atoms. The predicted molar refractivity (Wildman–Crippen MR) is 115 cm³/mol. The van der Waals surface area contributed by atoms with Crippen molar-refractivity contribution in [1.29, 1.82) is 0 Å². The van der Waals surface area contributed by atoms with Gasteiger partial charge in [-0.25, -0.2) is 4.79 Å². The summed E-state index contributed by atoms with van der Waals surface area (Å²) < 4.78 is 0. The van der Waals surface area contributed by atoms with Crippen molar-refractivity contribution >= 4 is 28.5 Å². The van der Waals surface area contributed by atoms with Crippen LogP contribution in [-0.2, 0) is 11.2 Å². The number of carbonyl (C=O) groups excluding carboxylic acids is 2. The molecular formula is C23H22N4O4. The van der Waals surface area contributed by atoms with Crippen molar-refractivity contribution in [1.82, 2.24) is 14.8 Å². The van der Waals surface area contributed by atoms with Gasteiger partial charge in [-0.1, -0.05) is 43.7 Å². The molecule has 158 valence electrons. The summed E-state index contributed by atoms with van der Waals surface area (Å²) in [5, 5.41) is 12.4. The van der Waals surface area contributed by atoms with E-state index in [0.717, 1.165) is 35.0 Å². The Bertz CT molecular complexity index is 1220. The van der Waals surface area contributed by atoms with E-state index in [2.05, 4.69) is 4.98 Å². The number of hydrogen-bond donors (Lipinski definition) is 1. The first-order valence-corrected chi connectivity index (χ1v) is 10.5. The fourth-order valence-corrected chi connectivity index (χ4v) is 4.81. The van der Waals surface area contributed by atoms with Crippen molar-refractivity contribution in [2.45, 2.75) is 38.3 Å². The molecule has 1 aromatic heterocycles. The van der Waals surface area contributed by atoms with E-state index in [0.29, 0.717) is 18.5 Å². The number of nitrogens with one attached hydrogen (secondary N) is 1. The lowest BCUT2D eigenvalue weighted by atomic mass is 9.88. The zero-order chi connectivity index (χ0) is 21.7. The van der Waals surface area contributed by atoms with Gasteiger partial charge in [-0.2, -0.15) is 0 Å². The van der Waals surface area contributed by atoms with Crippen LogP contribution in [0.2, 0.25) is 0 Å². The van der Waals surface area contributed by atoms with E-state index in [1.165, 1.54) is 17.0 Å². The van der Waals surface area contributed by atoms with E-state index >= 15 is 0 Å². The maximum atomic E-state index is 13.4. The molecule has 8 heteroatoms. The number of H-pyrrole nitrogens is 1. The number of fused-ring (bicyclic) bond motifs is 4. The Kier molecular flexibility index (Phi) is 4.50. The summed E-state index contributed by atoms with van der Waals surface area (Å²) in [5.41, 5.74) is 3.30. The quantitative estimate of drug-likeness (QED) is 0.382. The molecule has 8 nitrogen and oxygen atoms in total.